The molecular formula is C8H11F2NO. The van der Waals surface area contributed by atoms with E-state index >= 15 is 0 Å². The molecule has 0 radical (unpaired) electrons. The highest BCUT2D eigenvalue weighted by Crippen LogP contribution is 2.26. The molecule has 1 fully saturated rings. The molecule has 4 heteroatoms. The fourth-order valence-electron chi connectivity index (χ4n) is 1.10. The maximum absolute atomic E-state index is 12.6. The molecule has 0 aliphatic carbocycles. The fourth-order valence-corrected chi connectivity index (χ4v) is 1.10. The molecule has 0 aromatic carbocycles. The third-order valence-electron chi connectivity index (χ3n) is 1.72. The molecule has 1 saturated heterocycles. The number of nitrogens with zero attached hydrogens (tertiary/aromatic N) is 1. The van der Waals surface area contributed by atoms with Crippen molar-refractivity contribution in [1.82, 2.24) is 4.90 Å². The maximum Gasteiger partial charge on any atom is 0.266 e. The largest absolute Gasteiger partial charge is 0.371 e. The van der Waals surface area contributed by atoms with Crippen molar-refractivity contribution < 1.29 is 13.6 Å². The highest BCUT2D eigenvalue weighted by molar-refractivity contribution is 5.87. The Morgan fingerprint density at radius 2 is 2.25 bits per heavy atom. The van der Waals surface area contributed by atoms with E-state index in [1.165, 1.54) is 24.1 Å². The highest BCUT2D eigenvalue weighted by Gasteiger charge is 2.36. The second-order valence-corrected chi connectivity index (χ2v) is 3.00. The summed E-state index contributed by atoms with van der Waals surface area (Å²) in [5.74, 6) is -2.70. The van der Waals surface area contributed by atoms with Crippen molar-refractivity contribution in [2.45, 2.75) is 19.3 Å². The van der Waals surface area contributed by atoms with Gasteiger partial charge in [-0.25, -0.2) is 8.78 Å². The first kappa shape index (κ1) is 9.16. The lowest BCUT2D eigenvalue weighted by Gasteiger charge is -2.11. The SMILES string of the molecule is CC(=O)/C=C/N1CCC(F)(F)C1. The second-order valence-electron chi connectivity index (χ2n) is 3.00. The number of allylic oxidation sites excluding steroid dienone is 1. The number of rotatable bonds is 2. The van der Waals surface area contributed by atoms with Crippen LogP contribution in [0.2, 0.25) is 0 Å². The van der Waals surface area contributed by atoms with Gasteiger partial charge >= 0.3 is 0 Å². The molecule has 0 amide bonds. The number of ketones is 1. The molecule has 0 bridgehead atoms. The van der Waals surface area contributed by atoms with Gasteiger partial charge in [0.25, 0.3) is 5.92 Å². The normalized spacial score (nSPS) is 22.1. The van der Waals surface area contributed by atoms with Gasteiger partial charge in [-0.05, 0) is 13.0 Å². The van der Waals surface area contributed by atoms with Crippen LogP contribution in [-0.4, -0.2) is 29.7 Å². The van der Waals surface area contributed by atoms with Crippen LogP contribution in [0, 0.1) is 0 Å². The first-order valence-corrected chi connectivity index (χ1v) is 3.80. The topological polar surface area (TPSA) is 20.3 Å². The number of halogens is 2. The van der Waals surface area contributed by atoms with Crippen LogP contribution < -0.4 is 0 Å². The lowest BCUT2D eigenvalue weighted by Crippen LogP contribution is -2.20. The molecular weight excluding hydrogens is 164 g/mol. The molecule has 0 N–H and O–H groups in total. The van der Waals surface area contributed by atoms with Gasteiger partial charge in [-0.1, -0.05) is 0 Å². The van der Waals surface area contributed by atoms with Gasteiger partial charge in [0.15, 0.2) is 5.78 Å². The molecule has 1 rings (SSSR count). The summed E-state index contributed by atoms with van der Waals surface area (Å²) in [7, 11) is 0. The Morgan fingerprint density at radius 3 is 2.67 bits per heavy atom. The average Bonchev–Trinajstić information content (AvgIpc) is 2.26. The van der Waals surface area contributed by atoms with Gasteiger partial charge in [-0.2, -0.15) is 0 Å². The zero-order valence-electron chi connectivity index (χ0n) is 6.89. The molecule has 0 spiro atoms. The molecule has 0 saturated carbocycles. The summed E-state index contributed by atoms with van der Waals surface area (Å²) in [5, 5.41) is 0. The van der Waals surface area contributed by atoms with E-state index in [2.05, 4.69) is 0 Å². The Labute approximate surface area is 69.9 Å². The van der Waals surface area contributed by atoms with Crippen molar-refractivity contribution in [3.63, 3.8) is 0 Å². The first-order chi connectivity index (χ1) is 5.49. The third kappa shape index (κ3) is 2.60. The van der Waals surface area contributed by atoms with Crippen molar-refractivity contribution in [3.8, 4) is 0 Å². The molecule has 1 heterocycles. The summed E-state index contributed by atoms with van der Waals surface area (Å²) in [6, 6.07) is 0. The molecule has 0 aromatic rings. The molecule has 1 aliphatic rings. The monoisotopic (exact) mass is 175 g/mol. The van der Waals surface area contributed by atoms with Crippen LogP contribution >= 0.6 is 0 Å². The Balaban J connectivity index is 2.43. The average molecular weight is 175 g/mol. The van der Waals surface area contributed by atoms with E-state index < -0.39 is 5.92 Å². The van der Waals surface area contributed by atoms with Gasteiger partial charge in [0.2, 0.25) is 0 Å². The zero-order valence-corrected chi connectivity index (χ0v) is 6.89. The smallest absolute Gasteiger partial charge is 0.266 e. The lowest BCUT2D eigenvalue weighted by atomic mass is 10.3. The predicted molar refractivity (Wildman–Crippen MR) is 41.0 cm³/mol. The fraction of sp³-hybridized carbons (Fsp3) is 0.625. The number of hydrogen-bond acceptors (Lipinski definition) is 2. The summed E-state index contributed by atoms with van der Waals surface area (Å²) in [4.78, 5) is 11.9. The van der Waals surface area contributed by atoms with E-state index in [9.17, 15) is 13.6 Å². The van der Waals surface area contributed by atoms with Crippen LogP contribution in [0.3, 0.4) is 0 Å². The van der Waals surface area contributed by atoms with Crippen molar-refractivity contribution >= 4 is 5.78 Å². The number of likely N-dealkylation sites (tertiary alicyclic amines) is 1. The predicted octanol–water partition coefficient (Wildman–Crippen LogP) is 1.43. The van der Waals surface area contributed by atoms with E-state index in [0.29, 0.717) is 6.54 Å². The molecule has 0 unspecified atom stereocenters. The van der Waals surface area contributed by atoms with E-state index in [-0.39, 0.29) is 18.7 Å². The first-order valence-electron chi connectivity index (χ1n) is 3.80. The molecule has 68 valence electrons. The number of carbonyl (C=O) groups excluding carboxylic acids is 1. The minimum absolute atomic E-state index is 0.116. The van der Waals surface area contributed by atoms with E-state index in [4.69, 9.17) is 0 Å². The third-order valence-corrected chi connectivity index (χ3v) is 1.72. The Kier molecular flexibility index (Phi) is 2.45. The quantitative estimate of drug-likeness (QED) is 0.592. The molecule has 1 aliphatic heterocycles. The molecule has 0 atom stereocenters. The number of hydrogen-bond donors (Lipinski definition) is 0. The van der Waals surface area contributed by atoms with E-state index in [1.54, 1.807) is 0 Å². The van der Waals surface area contributed by atoms with Gasteiger partial charge in [0.1, 0.15) is 0 Å². The number of alkyl halides is 2. The highest BCUT2D eigenvalue weighted by atomic mass is 19.3. The van der Waals surface area contributed by atoms with Crippen molar-refractivity contribution in [3.05, 3.63) is 12.3 Å². The second kappa shape index (κ2) is 3.21. The standard InChI is InChI=1S/C8H11F2NO/c1-7(12)2-4-11-5-3-8(9,10)6-11/h2,4H,3,5-6H2,1H3/b4-2+. The molecule has 12 heavy (non-hydrogen) atoms. The maximum atomic E-state index is 12.6. The van der Waals surface area contributed by atoms with Gasteiger partial charge in [-0.3, -0.25) is 4.79 Å². The lowest BCUT2D eigenvalue weighted by molar-refractivity contribution is -0.112. The summed E-state index contributed by atoms with van der Waals surface area (Å²) in [6.45, 7) is 1.46. The molecule has 0 aromatic heterocycles. The Bertz CT molecular complexity index is 213. The van der Waals surface area contributed by atoms with E-state index in [1.807, 2.05) is 0 Å². The van der Waals surface area contributed by atoms with Crippen LogP contribution in [-0.2, 0) is 4.79 Å². The summed E-state index contributed by atoms with van der Waals surface area (Å²) in [5.41, 5.74) is 0. The van der Waals surface area contributed by atoms with Gasteiger partial charge in [0, 0.05) is 19.2 Å². The van der Waals surface area contributed by atoms with Crippen LogP contribution in [0.15, 0.2) is 12.3 Å². The van der Waals surface area contributed by atoms with Crippen molar-refractivity contribution in [1.29, 1.82) is 0 Å². The minimum atomic E-state index is -2.58. The summed E-state index contributed by atoms with van der Waals surface area (Å²) >= 11 is 0. The van der Waals surface area contributed by atoms with Gasteiger partial charge in [-0.15, -0.1) is 0 Å². The number of carbonyl (C=O) groups is 1. The van der Waals surface area contributed by atoms with Crippen molar-refractivity contribution in [2.75, 3.05) is 13.1 Å². The Hall–Kier alpha value is -0.930. The van der Waals surface area contributed by atoms with Crippen LogP contribution in [0.25, 0.3) is 0 Å². The minimum Gasteiger partial charge on any atom is -0.371 e. The van der Waals surface area contributed by atoms with Crippen LogP contribution in [0.1, 0.15) is 13.3 Å². The van der Waals surface area contributed by atoms with Crippen molar-refractivity contribution in [2.24, 2.45) is 0 Å². The van der Waals surface area contributed by atoms with Crippen LogP contribution in [0.4, 0.5) is 8.78 Å². The summed E-state index contributed by atoms with van der Waals surface area (Å²) < 4.78 is 25.1. The zero-order chi connectivity index (χ0) is 9.19. The van der Waals surface area contributed by atoms with Gasteiger partial charge < -0.3 is 4.90 Å². The van der Waals surface area contributed by atoms with E-state index in [0.717, 1.165) is 0 Å². The summed E-state index contributed by atoms with van der Waals surface area (Å²) in [6.07, 6.45) is 2.62. The molecule has 2 nitrogen and oxygen atoms in total. The van der Waals surface area contributed by atoms with Crippen LogP contribution in [0.5, 0.6) is 0 Å². The Morgan fingerprint density at radius 1 is 1.58 bits per heavy atom. The van der Waals surface area contributed by atoms with Gasteiger partial charge in [0.05, 0.1) is 6.54 Å².